The molecule has 0 aliphatic carbocycles. The Kier molecular flexibility index (Phi) is 6.12. The second kappa shape index (κ2) is 7.98. The van der Waals surface area contributed by atoms with Gasteiger partial charge in [0.25, 0.3) is 0 Å². The van der Waals surface area contributed by atoms with Crippen molar-refractivity contribution in [2.24, 2.45) is 5.92 Å². The number of methoxy groups -OCH3 is 2. The fourth-order valence-electron chi connectivity index (χ4n) is 3.38. The summed E-state index contributed by atoms with van der Waals surface area (Å²) in [6.07, 6.45) is 3.21. The van der Waals surface area contributed by atoms with E-state index < -0.39 is 47.5 Å². The highest BCUT2D eigenvalue weighted by Gasteiger charge is 2.57. The quantitative estimate of drug-likeness (QED) is 0.236. The van der Waals surface area contributed by atoms with Crippen molar-refractivity contribution in [1.82, 2.24) is 9.80 Å². The van der Waals surface area contributed by atoms with Crippen molar-refractivity contribution in [3.8, 4) is 0 Å². The molecule has 2 fully saturated rings. The molecule has 2 aliphatic rings. The van der Waals surface area contributed by atoms with Gasteiger partial charge in [-0.05, 0) is 33.6 Å². The highest BCUT2D eigenvalue weighted by Crippen LogP contribution is 2.37. The van der Waals surface area contributed by atoms with Crippen LogP contribution in [0.25, 0.3) is 0 Å². The zero-order chi connectivity index (χ0) is 20.4. The molecule has 0 bridgehead atoms. The summed E-state index contributed by atoms with van der Waals surface area (Å²) in [6.45, 7) is 5.77. The standard InChI is InChI=1S/C18H26N2O7/c1-18(2,3)27-17(24)19-9-6-7-11(19)14-13(16(23)26-5)15(22)20(14)10-8-12(21)25-4/h8,10-11,13-14H,6-7,9H2,1-5H3/b10-8+/t11-,13-,14-/m1/s1. The maximum atomic E-state index is 12.6. The molecule has 2 heterocycles. The van der Waals surface area contributed by atoms with E-state index in [0.717, 1.165) is 12.5 Å². The van der Waals surface area contributed by atoms with Crippen molar-refractivity contribution in [2.45, 2.75) is 51.3 Å². The average molecular weight is 382 g/mol. The lowest BCUT2D eigenvalue weighted by Gasteiger charge is -2.48. The summed E-state index contributed by atoms with van der Waals surface area (Å²) < 4.78 is 14.7. The zero-order valence-electron chi connectivity index (χ0n) is 16.3. The first-order valence-electron chi connectivity index (χ1n) is 8.76. The monoisotopic (exact) mass is 382 g/mol. The summed E-state index contributed by atoms with van der Waals surface area (Å²) in [7, 11) is 2.43. The number of rotatable bonds is 4. The Hall–Kier alpha value is -2.58. The van der Waals surface area contributed by atoms with Crippen molar-refractivity contribution in [3.63, 3.8) is 0 Å². The maximum Gasteiger partial charge on any atom is 0.410 e. The van der Waals surface area contributed by atoms with Crippen molar-refractivity contribution in [2.75, 3.05) is 20.8 Å². The normalized spacial score (nSPS) is 25.4. The molecule has 0 aromatic carbocycles. The van der Waals surface area contributed by atoms with Crippen LogP contribution in [0.2, 0.25) is 0 Å². The number of ether oxygens (including phenoxy) is 3. The predicted octanol–water partition coefficient (Wildman–Crippen LogP) is 1.07. The van der Waals surface area contributed by atoms with Crippen molar-refractivity contribution >= 4 is 23.9 Å². The Morgan fingerprint density at radius 1 is 1.15 bits per heavy atom. The molecule has 0 saturated carbocycles. The molecule has 2 rings (SSSR count). The third-order valence-electron chi connectivity index (χ3n) is 4.53. The molecule has 0 spiro atoms. The highest BCUT2D eigenvalue weighted by molar-refractivity contribution is 6.04. The minimum Gasteiger partial charge on any atom is -0.468 e. The van der Waals surface area contributed by atoms with Crippen LogP contribution in [-0.4, -0.2) is 72.2 Å². The molecular weight excluding hydrogens is 356 g/mol. The molecule has 0 radical (unpaired) electrons. The van der Waals surface area contributed by atoms with Crippen LogP contribution in [0.1, 0.15) is 33.6 Å². The third-order valence-corrected chi connectivity index (χ3v) is 4.53. The van der Waals surface area contributed by atoms with Crippen LogP contribution in [0.15, 0.2) is 12.3 Å². The Morgan fingerprint density at radius 2 is 1.81 bits per heavy atom. The summed E-state index contributed by atoms with van der Waals surface area (Å²) in [5.74, 6) is -2.80. The largest absolute Gasteiger partial charge is 0.468 e. The fourth-order valence-corrected chi connectivity index (χ4v) is 3.38. The first-order chi connectivity index (χ1) is 12.6. The molecular formula is C18H26N2O7. The first-order valence-corrected chi connectivity index (χ1v) is 8.76. The molecule has 3 atom stereocenters. The highest BCUT2D eigenvalue weighted by atomic mass is 16.6. The second-order valence-electron chi connectivity index (χ2n) is 7.46. The lowest BCUT2D eigenvalue weighted by Crippen LogP contribution is -2.68. The number of hydrogen-bond donors (Lipinski definition) is 0. The van der Waals surface area contributed by atoms with Crippen LogP contribution < -0.4 is 0 Å². The molecule has 0 aromatic heterocycles. The number of carbonyl (C=O) groups is 4. The van der Waals surface area contributed by atoms with Gasteiger partial charge in [-0.1, -0.05) is 0 Å². The fraction of sp³-hybridized carbons (Fsp3) is 0.667. The van der Waals surface area contributed by atoms with Gasteiger partial charge in [0.2, 0.25) is 5.91 Å². The number of likely N-dealkylation sites (tertiary alicyclic amines) is 2. The van der Waals surface area contributed by atoms with Gasteiger partial charge in [0, 0.05) is 18.8 Å². The van der Waals surface area contributed by atoms with E-state index in [1.54, 1.807) is 20.8 Å². The van der Waals surface area contributed by atoms with Crippen LogP contribution >= 0.6 is 0 Å². The maximum absolute atomic E-state index is 12.6. The number of amides is 2. The molecule has 9 heteroatoms. The molecule has 2 aliphatic heterocycles. The van der Waals surface area contributed by atoms with Crippen LogP contribution in [0.4, 0.5) is 4.79 Å². The van der Waals surface area contributed by atoms with Gasteiger partial charge >= 0.3 is 18.0 Å². The van der Waals surface area contributed by atoms with Gasteiger partial charge in [0.1, 0.15) is 5.60 Å². The van der Waals surface area contributed by atoms with E-state index in [2.05, 4.69) is 4.74 Å². The Labute approximate surface area is 158 Å². The summed E-state index contributed by atoms with van der Waals surface area (Å²) >= 11 is 0. The van der Waals surface area contributed by atoms with Crippen molar-refractivity contribution in [3.05, 3.63) is 12.3 Å². The van der Waals surface area contributed by atoms with Gasteiger partial charge in [-0.15, -0.1) is 0 Å². The molecule has 2 amide bonds. The van der Waals surface area contributed by atoms with E-state index in [9.17, 15) is 19.2 Å². The van der Waals surface area contributed by atoms with Crippen LogP contribution in [0.5, 0.6) is 0 Å². The molecule has 0 N–H and O–H groups in total. The number of hydrogen-bond acceptors (Lipinski definition) is 7. The van der Waals surface area contributed by atoms with Crippen LogP contribution in [0.3, 0.4) is 0 Å². The molecule has 27 heavy (non-hydrogen) atoms. The Bertz CT molecular complexity index is 653. The van der Waals surface area contributed by atoms with Gasteiger partial charge < -0.3 is 24.0 Å². The predicted molar refractivity (Wildman–Crippen MR) is 93.3 cm³/mol. The van der Waals surface area contributed by atoms with Crippen LogP contribution in [-0.2, 0) is 28.6 Å². The molecule has 2 saturated heterocycles. The third kappa shape index (κ3) is 4.40. The van der Waals surface area contributed by atoms with Gasteiger partial charge in [0.15, 0.2) is 5.92 Å². The Morgan fingerprint density at radius 3 is 2.37 bits per heavy atom. The van der Waals surface area contributed by atoms with E-state index in [0.29, 0.717) is 13.0 Å². The van der Waals surface area contributed by atoms with Crippen LogP contribution in [0, 0.1) is 5.92 Å². The van der Waals surface area contributed by atoms with Gasteiger partial charge in [-0.2, -0.15) is 0 Å². The summed E-state index contributed by atoms with van der Waals surface area (Å²) in [5.41, 5.74) is -0.661. The molecule has 0 unspecified atom stereocenters. The minimum absolute atomic E-state index is 0.413. The van der Waals surface area contributed by atoms with Gasteiger partial charge in [-0.25, -0.2) is 9.59 Å². The lowest BCUT2D eigenvalue weighted by atomic mass is 9.81. The van der Waals surface area contributed by atoms with Crippen molar-refractivity contribution in [1.29, 1.82) is 0 Å². The summed E-state index contributed by atoms with van der Waals surface area (Å²) in [6, 6.07) is -1.04. The van der Waals surface area contributed by atoms with Gasteiger partial charge in [0.05, 0.1) is 26.3 Å². The van der Waals surface area contributed by atoms with E-state index in [4.69, 9.17) is 9.47 Å². The first kappa shape index (κ1) is 20.7. The minimum atomic E-state index is -1.02. The number of carbonyl (C=O) groups excluding carboxylic acids is 4. The summed E-state index contributed by atoms with van der Waals surface area (Å²) in [5, 5.41) is 0. The number of β-lactam (4-membered cyclic amide) rings is 1. The number of esters is 2. The van der Waals surface area contributed by atoms with E-state index in [-0.39, 0.29) is 0 Å². The van der Waals surface area contributed by atoms with Gasteiger partial charge in [-0.3, -0.25) is 9.59 Å². The smallest absolute Gasteiger partial charge is 0.410 e. The zero-order valence-corrected chi connectivity index (χ0v) is 16.3. The molecule has 9 nitrogen and oxygen atoms in total. The molecule has 0 aromatic rings. The van der Waals surface area contributed by atoms with E-state index in [1.807, 2.05) is 0 Å². The topological polar surface area (TPSA) is 102 Å². The Balaban J connectivity index is 2.26. The number of nitrogens with zero attached hydrogens (tertiary/aromatic N) is 2. The SMILES string of the molecule is COC(=O)/C=C/N1C(=O)[C@H](C(=O)OC)[C@H]1[C@H]1CCCN1C(=O)OC(C)(C)C. The average Bonchev–Trinajstić information content (AvgIpc) is 3.06. The second-order valence-corrected chi connectivity index (χ2v) is 7.46. The van der Waals surface area contributed by atoms with Crippen molar-refractivity contribution < 1.29 is 33.4 Å². The summed E-state index contributed by atoms with van der Waals surface area (Å²) in [4.78, 5) is 51.3. The van der Waals surface area contributed by atoms with E-state index in [1.165, 1.54) is 30.2 Å². The molecule has 150 valence electrons. The lowest BCUT2D eigenvalue weighted by molar-refractivity contribution is -0.170. The van der Waals surface area contributed by atoms with E-state index >= 15 is 0 Å².